The molecule has 3 aliphatic carbocycles. The molecule has 158 valence electrons. The Bertz CT molecular complexity index is 1300. The lowest BCUT2D eigenvalue weighted by molar-refractivity contribution is -0.133. The van der Waals surface area contributed by atoms with Crippen molar-refractivity contribution in [2.75, 3.05) is 0 Å². The molecule has 4 aromatic carbocycles. The molecule has 0 aromatic heterocycles. The normalized spacial score (nSPS) is 23.9. The van der Waals surface area contributed by atoms with Crippen LogP contribution in [0.15, 0.2) is 91.0 Å². The van der Waals surface area contributed by atoms with E-state index in [-0.39, 0.29) is 23.8 Å². The van der Waals surface area contributed by atoms with Crippen LogP contribution in [0.5, 0.6) is 0 Å². The standard InChI is InChI=1S/C30H27NO/c1-19(21-17-9-11-20-10-3-4-12-22(20)21)31-29(32)30(2)18-27-23-13-5-7-15-25(23)28(30)26-16-8-6-14-24(26)27/h3-17,19,27-28H,18H2,1-2H3,(H,31,32)/t19-,27?,28?,30+/m0/s1. The lowest BCUT2D eigenvalue weighted by atomic mass is 9.52. The van der Waals surface area contributed by atoms with Crippen molar-refractivity contribution in [1.29, 1.82) is 0 Å². The van der Waals surface area contributed by atoms with Crippen molar-refractivity contribution in [3.8, 4) is 0 Å². The Balaban J connectivity index is 1.39. The topological polar surface area (TPSA) is 29.1 Å². The highest BCUT2D eigenvalue weighted by atomic mass is 16.2. The molecule has 0 saturated carbocycles. The average Bonchev–Trinajstić information content (AvgIpc) is 2.83. The molecule has 0 spiro atoms. The summed E-state index contributed by atoms with van der Waals surface area (Å²) in [5.41, 5.74) is 6.11. The maximum absolute atomic E-state index is 13.9. The van der Waals surface area contributed by atoms with Gasteiger partial charge in [-0.15, -0.1) is 0 Å². The van der Waals surface area contributed by atoms with E-state index in [1.807, 2.05) is 0 Å². The maximum Gasteiger partial charge on any atom is 0.227 e. The summed E-state index contributed by atoms with van der Waals surface area (Å²) in [4.78, 5) is 13.9. The van der Waals surface area contributed by atoms with Gasteiger partial charge in [-0.2, -0.15) is 0 Å². The van der Waals surface area contributed by atoms with Crippen LogP contribution in [-0.2, 0) is 4.79 Å². The van der Waals surface area contributed by atoms with Crippen molar-refractivity contribution in [2.45, 2.75) is 38.1 Å². The molecular formula is C30H27NO. The summed E-state index contributed by atoms with van der Waals surface area (Å²) in [5.74, 6) is 0.507. The summed E-state index contributed by atoms with van der Waals surface area (Å²) in [6, 6.07) is 32.1. The first kappa shape index (κ1) is 19.3. The SMILES string of the molecule is C[C@H](NC(=O)[C@]1(C)CC2c3ccccc3C1c1ccccc12)c1cccc2ccccc12. The molecule has 32 heavy (non-hydrogen) atoms. The number of fused-ring (bicyclic) bond motifs is 2. The van der Waals surface area contributed by atoms with Crippen molar-refractivity contribution in [2.24, 2.45) is 5.41 Å². The minimum Gasteiger partial charge on any atom is -0.349 e. The molecule has 4 aromatic rings. The molecule has 0 radical (unpaired) electrons. The van der Waals surface area contributed by atoms with Crippen molar-refractivity contribution < 1.29 is 4.79 Å². The van der Waals surface area contributed by atoms with Crippen LogP contribution in [0, 0.1) is 5.41 Å². The molecule has 0 saturated heterocycles. The largest absolute Gasteiger partial charge is 0.349 e. The van der Waals surface area contributed by atoms with Crippen LogP contribution in [0.2, 0.25) is 0 Å². The average molecular weight is 418 g/mol. The molecule has 1 N–H and O–H groups in total. The van der Waals surface area contributed by atoms with Crippen molar-refractivity contribution in [3.63, 3.8) is 0 Å². The van der Waals surface area contributed by atoms with Gasteiger partial charge >= 0.3 is 0 Å². The van der Waals surface area contributed by atoms with Crippen LogP contribution in [-0.4, -0.2) is 5.91 Å². The molecule has 2 heteroatoms. The molecule has 2 nitrogen and oxygen atoms in total. The molecule has 0 aliphatic heterocycles. The van der Waals surface area contributed by atoms with Crippen molar-refractivity contribution >= 4 is 16.7 Å². The third-order valence-corrected chi connectivity index (χ3v) is 7.79. The lowest BCUT2D eigenvalue weighted by Gasteiger charge is -2.51. The summed E-state index contributed by atoms with van der Waals surface area (Å²) in [5, 5.41) is 5.81. The van der Waals surface area contributed by atoms with Crippen LogP contribution in [0.1, 0.15) is 66.0 Å². The molecule has 0 fully saturated rings. The van der Waals surface area contributed by atoms with E-state index in [1.54, 1.807) is 0 Å². The van der Waals surface area contributed by atoms with E-state index < -0.39 is 5.41 Å². The fourth-order valence-corrected chi connectivity index (χ4v) is 6.26. The zero-order valence-corrected chi connectivity index (χ0v) is 18.5. The number of carbonyl (C=O) groups excluding carboxylic acids is 1. The van der Waals surface area contributed by atoms with Gasteiger partial charge in [0.1, 0.15) is 0 Å². The maximum atomic E-state index is 13.9. The smallest absolute Gasteiger partial charge is 0.227 e. The van der Waals surface area contributed by atoms with Crippen LogP contribution < -0.4 is 5.32 Å². The second kappa shape index (κ2) is 7.06. The van der Waals surface area contributed by atoms with E-state index in [9.17, 15) is 4.79 Å². The highest BCUT2D eigenvalue weighted by Crippen LogP contribution is 2.61. The fourth-order valence-electron chi connectivity index (χ4n) is 6.26. The minimum absolute atomic E-state index is 0.0589. The number of hydrogen-bond donors (Lipinski definition) is 1. The van der Waals surface area contributed by atoms with E-state index in [1.165, 1.54) is 38.6 Å². The van der Waals surface area contributed by atoms with Gasteiger partial charge in [0.15, 0.2) is 0 Å². The van der Waals surface area contributed by atoms with E-state index in [4.69, 9.17) is 0 Å². The number of amides is 1. The predicted octanol–water partition coefficient (Wildman–Crippen LogP) is 6.70. The quantitative estimate of drug-likeness (QED) is 0.395. The van der Waals surface area contributed by atoms with Gasteiger partial charge in [-0.05, 0) is 58.9 Å². The van der Waals surface area contributed by atoms with E-state index in [0.717, 1.165) is 6.42 Å². The molecule has 2 bridgehead atoms. The van der Waals surface area contributed by atoms with Crippen molar-refractivity contribution in [1.82, 2.24) is 5.32 Å². The number of rotatable bonds is 3. The third-order valence-electron chi connectivity index (χ3n) is 7.79. The molecule has 0 heterocycles. The first-order valence-electron chi connectivity index (χ1n) is 11.5. The monoisotopic (exact) mass is 417 g/mol. The lowest BCUT2D eigenvalue weighted by Crippen LogP contribution is -2.50. The van der Waals surface area contributed by atoms with E-state index in [2.05, 4.69) is 110 Å². The summed E-state index contributed by atoms with van der Waals surface area (Å²) >= 11 is 0. The number of hydrogen-bond acceptors (Lipinski definition) is 1. The van der Waals surface area contributed by atoms with Crippen molar-refractivity contribution in [3.05, 3.63) is 119 Å². The highest BCUT2D eigenvalue weighted by Gasteiger charge is 2.53. The van der Waals surface area contributed by atoms with Gasteiger partial charge in [0.25, 0.3) is 0 Å². The molecule has 0 unspecified atom stereocenters. The van der Waals surface area contributed by atoms with Crippen LogP contribution in [0.4, 0.5) is 0 Å². The Kier molecular flexibility index (Phi) is 4.26. The minimum atomic E-state index is -0.480. The summed E-state index contributed by atoms with van der Waals surface area (Å²) in [6.07, 6.45) is 0.847. The van der Waals surface area contributed by atoms with Crippen LogP contribution >= 0.6 is 0 Å². The van der Waals surface area contributed by atoms with Gasteiger partial charge in [0.2, 0.25) is 5.91 Å². The Morgan fingerprint density at radius 2 is 1.38 bits per heavy atom. The molecule has 7 rings (SSSR count). The summed E-state index contributed by atoms with van der Waals surface area (Å²) in [7, 11) is 0. The molecular weight excluding hydrogens is 390 g/mol. The zero-order valence-electron chi connectivity index (χ0n) is 18.5. The number of benzene rings is 4. The Morgan fingerprint density at radius 1 is 0.812 bits per heavy atom. The summed E-state index contributed by atoms with van der Waals surface area (Å²) in [6.45, 7) is 4.27. The molecule has 2 atom stereocenters. The van der Waals surface area contributed by atoms with Gasteiger partial charge < -0.3 is 5.32 Å². The fraction of sp³-hybridized carbons (Fsp3) is 0.233. The van der Waals surface area contributed by atoms with Gasteiger partial charge in [-0.1, -0.05) is 91.0 Å². The van der Waals surface area contributed by atoms with Gasteiger partial charge in [-0.25, -0.2) is 0 Å². The Labute approximate surface area is 189 Å². The number of carbonyl (C=O) groups is 1. The second-order valence-corrected chi connectivity index (χ2v) is 9.63. The van der Waals surface area contributed by atoms with Gasteiger partial charge in [0.05, 0.1) is 11.5 Å². The van der Waals surface area contributed by atoms with E-state index >= 15 is 0 Å². The van der Waals surface area contributed by atoms with Crippen LogP contribution in [0.25, 0.3) is 10.8 Å². The van der Waals surface area contributed by atoms with Gasteiger partial charge in [0, 0.05) is 11.8 Å². The highest BCUT2D eigenvalue weighted by molar-refractivity contribution is 5.89. The number of nitrogens with one attached hydrogen (secondary N) is 1. The second-order valence-electron chi connectivity index (χ2n) is 9.63. The third kappa shape index (κ3) is 2.69. The zero-order chi connectivity index (χ0) is 21.9. The first-order chi connectivity index (χ1) is 15.6. The molecule has 3 aliphatic rings. The Hall–Kier alpha value is -3.39. The van der Waals surface area contributed by atoms with E-state index in [0.29, 0.717) is 0 Å². The van der Waals surface area contributed by atoms with Crippen LogP contribution in [0.3, 0.4) is 0 Å². The first-order valence-corrected chi connectivity index (χ1v) is 11.5. The van der Waals surface area contributed by atoms with Gasteiger partial charge in [-0.3, -0.25) is 4.79 Å². The Morgan fingerprint density at radius 3 is 2.06 bits per heavy atom. The molecule has 1 amide bonds. The summed E-state index contributed by atoms with van der Waals surface area (Å²) < 4.78 is 0. The predicted molar refractivity (Wildman–Crippen MR) is 130 cm³/mol.